The fraction of sp³-hybridized carbons (Fsp3) is 0.500. The van der Waals surface area contributed by atoms with Crippen LogP contribution in [-0.4, -0.2) is 23.0 Å². The maximum atomic E-state index is 12.1. The van der Waals surface area contributed by atoms with E-state index >= 15 is 0 Å². The van der Waals surface area contributed by atoms with Crippen LogP contribution in [0, 0.1) is 11.3 Å². The highest BCUT2D eigenvalue weighted by Crippen LogP contribution is 2.10. The van der Waals surface area contributed by atoms with Crippen LogP contribution in [0.15, 0.2) is 24.3 Å². The molecule has 1 rings (SSSR count). The van der Waals surface area contributed by atoms with Crippen LogP contribution in [0.1, 0.15) is 67.8 Å². The van der Waals surface area contributed by atoms with Crippen LogP contribution in [-0.2, 0) is 4.79 Å². The van der Waals surface area contributed by atoms with Gasteiger partial charge in [0.15, 0.2) is 0 Å². The molecule has 124 valence electrons. The highest BCUT2D eigenvalue weighted by molar-refractivity contribution is 5.96. The Kier molecular flexibility index (Phi) is 8.45. The summed E-state index contributed by atoms with van der Waals surface area (Å²) in [7, 11) is 0. The summed E-state index contributed by atoms with van der Waals surface area (Å²) < 4.78 is 0. The van der Waals surface area contributed by atoms with E-state index in [4.69, 9.17) is 5.26 Å². The van der Waals surface area contributed by atoms with Crippen LogP contribution in [0.25, 0.3) is 0 Å². The van der Waals surface area contributed by atoms with Gasteiger partial charge in [-0.25, -0.2) is 4.79 Å². The number of hydrogen-bond donors (Lipinski definition) is 2. The first kappa shape index (κ1) is 18.7. The SMILES string of the molecule is CCCCCCCC[C@@H](NC(=O)c1ccc(C#N)cc1)C(=O)O. The molecule has 0 aliphatic carbocycles. The third kappa shape index (κ3) is 6.96. The molecule has 0 saturated carbocycles. The lowest BCUT2D eigenvalue weighted by atomic mass is 10.0. The molecule has 0 aliphatic rings. The summed E-state index contributed by atoms with van der Waals surface area (Å²) in [5.74, 6) is -1.44. The summed E-state index contributed by atoms with van der Waals surface area (Å²) >= 11 is 0. The van der Waals surface area contributed by atoms with Gasteiger partial charge in [-0.1, -0.05) is 45.4 Å². The number of nitriles is 1. The van der Waals surface area contributed by atoms with Crippen molar-refractivity contribution >= 4 is 11.9 Å². The largest absolute Gasteiger partial charge is 0.480 e. The molecule has 0 heterocycles. The first-order valence-electron chi connectivity index (χ1n) is 8.12. The maximum absolute atomic E-state index is 12.1. The minimum Gasteiger partial charge on any atom is -0.480 e. The van der Waals surface area contributed by atoms with Crippen molar-refractivity contribution in [2.24, 2.45) is 0 Å². The Hall–Kier alpha value is -2.35. The van der Waals surface area contributed by atoms with Gasteiger partial charge in [0.2, 0.25) is 0 Å². The molecule has 2 N–H and O–H groups in total. The number of rotatable bonds is 10. The van der Waals surface area contributed by atoms with Crippen molar-refractivity contribution in [2.75, 3.05) is 0 Å². The zero-order valence-corrected chi connectivity index (χ0v) is 13.5. The standard InChI is InChI=1S/C18H24N2O3/c1-2-3-4-5-6-7-8-16(18(22)23)20-17(21)15-11-9-14(13-19)10-12-15/h9-12,16H,2-8H2,1H3,(H,20,21)(H,22,23)/t16-/m1/s1. The Morgan fingerprint density at radius 2 is 1.74 bits per heavy atom. The van der Waals surface area contributed by atoms with Gasteiger partial charge < -0.3 is 10.4 Å². The first-order chi connectivity index (χ1) is 11.1. The monoisotopic (exact) mass is 316 g/mol. The van der Waals surface area contributed by atoms with Crippen molar-refractivity contribution < 1.29 is 14.7 Å². The summed E-state index contributed by atoms with van der Waals surface area (Å²) in [6.45, 7) is 2.15. The van der Waals surface area contributed by atoms with Gasteiger partial charge in [0, 0.05) is 5.56 Å². The summed E-state index contributed by atoms with van der Waals surface area (Å²) in [4.78, 5) is 23.4. The van der Waals surface area contributed by atoms with Crippen molar-refractivity contribution in [3.63, 3.8) is 0 Å². The molecule has 1 aromatic rings. The number of benzene rings is 1. The Labute approximate surface area is 137 Å². The number of carboxylic acid groups (broad SMARTS) is 1. The zero-order valence-electron chi connectivity index (χ0n) is 13.5. The summed E-state index contributed by atoms with van der Waals surface area (Å²) in [5, 5.41) is 20.5. The van der Waals surface area contributed by atoms with E-state index in [-0.39, 0.29) is 0 Å². The number of carbonyl (C=O) groups is 2. The van der Waals surface area contributed by atoms with Crippen molar-refractivity contribution in [2.45, 2.75) is 57.9 Å². The van der Waals surface area contributed by atoms with Crippen LogP contribution in [0.4, 0.5) is 0 Å². The molecule has 0 aliphatic heterocycles. The van der Waals surface area contributed by atoms with Gasteiger partial charge in [-0.2, -0.15) is 5.26 Å². The van der Waals surface area contributed by atoms with Crippen LogP contribution in [0.5, 0.6) is 0 Å². The fourth-order valence-corrected chi connectivity index (χ4v) is 2.32. The van der Waals surface area contributed by atoms with E-state index in [2.05, 4.69) is 12.2 Å². The molecule has 23 heavy (non-hydrogen) atoms. The average Bonchev–Trinajstić information content (AvgIpc) is 2.56. The molecule has 5 nitrogen and oxygen atoms in total. The molecule has 0 fully saturated rings. The Balaban J connectivity index is 2.46. The third-order valence-corrected chi connectivity index (χ3v) is 3.73. The number of carbonyl (C=O) groups excluding carboxylic acids is 1. The van der Waals surface area contributed by atoms with E-state index in [0.29, 0.717) is 17.5 Å². The number of nitrogens with one attached hydrogen (secondary N) is 1. The molecule has 5 heteroatoms. The number of hydrogen-bond acceptors (Lipinski definition) is 3. The molecule has 1 atom stereocenters. The molecule has 0 aromatic heterocycles. The van der Waals surface area contributed by atoms with Gasteiger partial charge in [-0.15, -0.1) is 0 Å². The molecular weight excluding hydrogens is 292 g/mol. The van der Waals surface area contributed by atoms with Crippen molar-refractivity contribution in [3.8, 4) is 6.07 Å². The smallest absolute Gasteiger partial charge is 0.326 e. The predicted molar refractivity (Wildman–Crippen MR) is 88.0 cm³/mol. The lowest BCUT2D eigenvalue weighted by Crippen LogP contribution is -2.40. The second-order valence-electron chi connectivity index (χ2n) is 5.61. The third-order valence-electron chi connectivity index (χ3n) is 3.73. The minimum atomic E-state index is -1.01. The van der Waals surface area contributed by atoms with Gasteiger partial charge in [0.05, 0.1) is 11.6 Å². The van der Waals surface area contributed by atoms with Crippen LogP contribution >= 0.6 is 0 Å². The van der Waals surface area contributed by atoms with Crippen LogP contribution in [0.2, 0.25) is 0 Å². The zero-order chi connectivity index (χ0) is 17.1. The molecular formula is C18H24N2O3. The second-order valence-corrected chi connectivity index (χ2v) is 5.61. The predicted octanol–water partition coefficient (Wildman–Crippen LogP) is 3.49. The highest BCUT2D eigenvalue weighted by Gasteiger charge is 2.20. The van der Waals surface area contributed by atoms with E-state index in [1.807, 2.05) is 6.07 Å². The molecule has 0 radical (unpaired) electrons. The Morgan fingerprint density at radius 1 is 1.13 bits per heavy atom. The van der Waals surface area contributed by atoms with Crippen molar-refractivity contribution in [3.05, 3.63) is 35.4 Å². The number of amides is 1. The Morgan fingerprint density at radius 3 is 2.30 bits per heavy atom. The molecule has 0 bridgehead atoms. The van der Waals surface area contributed by atoms with E-state index in [9.17, 15) is 14.7 Å². The lowest BCUT2D eigenvalue weighted by Gasteiger charge is -2.14. The normalized spacial score (nSPS) is 11.5. The van der Waals surface area contributed by atoms with E-state index in [0.717, 1.165) is 19.3 Å². The summed E-state index contributed by atoms with van der Waals surface area (Å²) in [6.07, 6.45) is 6.86. The number of aliphatic carboxylic acids is 1. The van der Waals surface area contributed by atoms with Gasteiger partial charge in [0.25, 0.3) is 5.91 Å². The van der Waals surface area contributed by atoms with Gasteiger partial charge in [-0.3, -0.25) is 4.79 Å². The number of unbranched alkanes of at least 4 members (excludes halogenated alkanes) is 5. The van der Waals surface area contributed by atoms with Gasteiger partial charge >= 0.3 is 5.97 Å². The number of nitrogens with zero attached hydrogens (tertiary/aromatic N) is 1. The average molecular weight is 316 g/mol. The van der Waals surface area contributed by atoms with Crippen molar-refractivity contribution in [1.29, 1.82) is 5.26 Å². The van der Waals surface area contributed by atoms with E-state index in [1.165, 1.54) is 31.4 Å². The topological polar surface area (TPSA) is 90.2 Å². The van der Waals surface area contributed by atoms with Crippen LogP contribution in [0.3, 0.4) is 0 Å². The van der Waals surface area contributed by atoms with E-state index < -0.39 is 17.9 Å². The molecule has 1 aromatic carbocycles. The minimum absolute atomic E-state index is 0.359. The van der Waals surface area contributed by atoms with Crippen molar-refractivity contribution in [1.82, 2.24) is 5.32 Å². The van der Waals surface area contributed by atoms with Gasteiger partial charge in [0.1, 0.15) is 6.04 Å². The lowest BCUT2D eigenvalue weighted by molar-refractivity contribution is -0.139. The summed E-state index contributed by atoms with van der Waals surface area (Å²) in [6, 6.07) is 7.23. The maximum Gasteiger partial charge on any atom is 0.326 e. The Bertz CT molecular complexity index is 546. The summed E-state index contributed by atoms with van der Waals surface area (Å²) in [5.41, 5.74) is 0.821. The van der Waals surface area contributed by atoms with E-state index in [1.54, 1.807) is 12.1 Å². The molecule has 0 spiro atoms. The first-order valence-corrected chi connectivity index (χ1v) is 8.12. The molecule has 1 amide bonds. The molecule has 0 saturated heterocycles. The van der Waals surface area contributed by atoms with Crippen LogP contribution < -0.4 is 5.32 Å². The van der Waals surface area contributed by atoms with Gasteiger partial charge in [-0.05, 0) is 30.7 Å². The highest BCUT2D eigenvalue weighted by atomic mass is 16.4. The second kappa shape index (κ2) is 10.4. The molecule has 0 unspecified atom stereocenters. The number of carboxylic acids is 1. The quantitative estimate of drug-likeness (QED) is 0.646. The fourth-order valence-electron chi connectivity index (χ4n) is 2.32.